The van der Waals surface area contributed by atoms with Gasteiger partial charge in [-0.15, -0.1) is 0 Å². The second kappa shape index (κ2) is 8.19. The van der Waals surface area contributed by atoms with Crippen LogP contribution in [0.25, 0.3) is 5.69 Å². The molecule has 144 valence electrons. The van der Waals surface area contributed by atoms with Gasteiger partial charge in [-0.25, -0.2) is 5.43 Å². The minimum absolute atomic E-state index is 0.0782. The van der Waals surface area contributed by atoms with Crippen molar-refractivity contribution in [1.82, 2.24) is 15.2 Å². The fourth-order valence-electron chi connectivity index (χ4n) is 2.67. The number of benzene rings is 2. The maximum Gasteiger partial charge on any atom is 0.292 e. The summed E-state index contributed by atoms with van der Waals surface area (Å²) in [6.07, 6.45) is 1.40. The van der Waals surface area contributed by atoms with Crippen LogP contribution >= 0.6 is 0 Å². The lowest BCUT2D eigenvalue weighted by atomic mass is 10.1. The van der Waals surface area contributed by atoms with E-state index in [0.717, 1.165) is 10.2 Å². The van der Waals surface area contributed by atoms with Gasteiger partial charge >= 0.3 is 0 Å². The maximum atomic E-state index is 12.6. The summed E-state index contributed by atoms with van der Waals surface area (Å²) in [6.45, 7) is 3.35. The highest BCUT2D eigenvalue weighted by molar-refractivity contribution is 5.94. The maximum absolute atomic E-state index is 12.6. The third-order valence-corrected chi connectivity index (χ3v) is 4.18. The van der Waals surface area contributed by atoms with Crippen LogP contribution in [0.2, 0.25) is 0 Å². The minimum Gasteiger partial charge on any atom is -0.508 e. The zero-order valence-electron chi connectivity index (χ0n) is 15.7. The van der Waals surface area contributed by atoms with Crippen molar-refractivity contribution in [1.29, 1.82) is 5.26 Å². The summed E-state index contributed by atoms with van der Waals surface area (Å²) < 4.78 is 1.04. The highest BCUT2D eigenvalue weighted by Gasteiger charge is 2.20. The van der Waals surface area contributed by atoms with E-state index in [1.54, 1.807) is 30.3 Å². The quantitative estimate of drug-likeness (QED) is 0.525. The molecule has 0 atom stereocenters. The van der Waals surface area contributed by atoms with E-state index in [-0.39, 0.29) is 22.6 Å². The zero-order chi connectivity index (χ0) is 21.0. The number of nitriles is 1. The third kappa shape index (κ3) is 4.20. The molecule has 0 aliphatic carbocycles. The summed E-state index contributed by atoms with van der Waals surface area (Å²) in [7, 11) is 0. The summed E-state index contributed by atoms with van der Waals surface area (Å²) in [5.74, 6) is -0.538. The molecule has 8 heteroatoms. The van der Waals surface area contributed by atoms with Crippen molar-refractivity contribution >= 4 is 12.1 Å². The van der Waals surface area contributed by atoms with Gasteiger partial charge in [0.15, 0.2) is 5.69 Å². The lowest BCUT2D eigenvalue weighted by Gasteiger charge is -2.11. The smallest absolute Gasteiger partial charge is 0.292 e. The van der Waals surface area contributed by atoms with Crippen LogP contribution in [0.1, 0.15) is 32.7 Å². The molecule has 2 N–H and O–H groups in total. The van der Waals surface area contributed by atoms with Crippen LogP contribution in [0.5, 0.6) is 5.75 Å². The van der Waals surface area contributed by atoms with E-state index in [0.29, 0.717) is 11.3 Å². The molecule has 0 spiro atoms. The molecule has 0 radical (unpaired) electrons. The van der Waals surface area contributed by atoms with Crippen LogP contribution in [0.15, 0.2) is 58.4 Å². The second-order valence-corrected chi connectivity index (χ2v) is 6.31. The van der Waals surface area contributed by atoms with E-state index in [2.05, 4.69) is 15.6 Å². The van der Waals surface area contributed by atoms with Gasteiger partial charge in [-0.1, -0.05) is 12.1 Å². The first kappa shape index (κ1) is 19.5. The Balaban J connectivity index is 1.97. The Kier molecular flexibility index (Phi) is 5.51. The van der Waals surface area contributed by atoms with Crippen LogP contribution in [0.4, 0.5) is 0 Å². The number of carbonyl (C=O) groups is 1. The van der Waals surface area contributed by atoms with Crippen molar-refractivity contribution in [2.45, 2.75) is 13.8 Å². The monoisotopic (exact) mass is 387 g/mol. The Morgan fingerprint density at radius 3 is 2.62 bits per heavy atom. The summed E-state index contributed by atoms with van der Waals surface area (Å²) >= 11 is 0. The number of hydrogen-bond donors (Lipinski definition) is 2. The molecule has 1 amide bonds. The Morgan fingerprint density at radius 1 is 1.24 bits per heavy atom. The summed E-state index contributed by atoms with van der Waals surface area (Å²) in [4.78, 5) is 25.2. The van der Waals surface area contributed by atoms with E-state index in [1.807, 2.05) is 19.1 Å². The van der Waals surface area contributed by atoms with Crippen LogP contribution in [-0.2, 0) is 0 Å². The summed E-state index contributed by atoms with van der Waals surface area (Å²) in [5.41, 5.74) is 3.71. The molecular formula is C21H17N5O3. The number of phenols is 1. The lowest BCUT2D eigenvalue weighted by molar-refractivity contribution is 0.0947. The van der Waals surface area contributed by atoms with Gasteiger partial charge in [0.25, 0.3) is 11.5 Å². The van der Waals surface area contributed by atoms with E-state index < -0.39 is 11.5 Å². The van der Waals surface area contributed by atoms with E-state index in [4.69, 9.17) is 0 Å². The van der Waals surface area contributed by atoms with Crippen molar-refractivity contribution < 1.29 is 9.90 Å². The zero-order valence-corrected chi connectivity index (χ0v) is 15.7. The summed E-state index contributed by atoms with van der Waals surface area (Å²) in [6, 6.07) is 15.1. The van der Waals surface area contributed by atoms with Crippen molar-refractivity contribution in [3.8, 4) is 17.5 Å². The fourth-order valence-corrected chi connectivity index (χ4v) is 2.67. The molecule has 0 saturated carbocycles. The number of carbonyl (C=O) groups excluding carboxylic acids is 1. The van der Waals surface area contributed by atoms with Crippen molar-refractivity contribution in [3.05, 3.63) is 86.8 Å². The Morgan fingerprint density at radius 2 is 1.97 bits per heavy atom. The molecule has 8 nitrogen and oxygen atoms in total. The number of hydrazone groups is 1. The molecule has 3 rings (SSSR count). The van der Waals surface area contributed by atoms with Crippen LogP contribution in [0, 0.1) is 25.2 Å². The number of aromatic hydroxyl groups is 1. The third-order valence-electron chi connectivity index (χ3n) is 4.18. The molecule has 0 bridgehead atoms. The number of hydrogen-bond acceptors (Lipinski definition) is 6. The molecule has 3 aromatic rings. The van der Waals surface area contributed by atoms with Gasteiger partial charge in [0.1, 0.15) is 17.4 Å². The molecule has 0 saturated heterocycles. The standard InChI is InChI=1S/C21H17N5O3/c1-13-4-3-5-16(10-13)26-21(29)18(11-22)14(2)19(25-26)20(28)24-23-12-15-6-8-17(27)9-7-15/h3-10,12,27H,1-2H3,(H,24,28)/b23-12+. The van der Waals surface area contributed by atoms with Crippen molar-refractivity contribution in [2.24, 2.45) is 5.10 Å². The van der Waals surface area contributed by atoms with Crippen molar-refractivity contribution in [3.63, 3.8) is 0 Å². The Bertz CT molecular complexity index is 1200. The van der Waals surface area contributed by atoms with Gasteiger partial charge in [0.2, 0.25) is 0 Å². The van der Waals surface area contributed by atoms with Gasteiger partial charge in [0, 0.05) is 5.56 Å². The van der Waals surface area contributed by atoms with E-state index in [1.165, 1.54) is 25.3 Å². The molecular weight excluding hydrogens is 370 g/mol. The number of amides is 1. The molecule has 0 aliphatic rings. The molecule has 1 aromatic heterocycles. The molecule has 29 heavy (non-hydrogen) atoms. The molecule has 0 aliphatic heterocycles. The van der Waals surface area contributed by atoms with Gasteiger partial charge in [-0.2, -0.15) is 20.1 Å². The van der Waals surface area contributed by atoms with Gasteiger partial charge in [0.05, 0.1) is 11.9 Å². The highest BCUT2D eigenvalue weighted by Crippen LogP contribution is 2.12. The lowest BCUT2D eigenvalue weighted by Crippen LogP contribution is -2.31. The number of phenolic OH excluding ortho intramolecular Hbond substituents is 1. The predicted molar refractivity (Wildman–Crippen MR) is 107 cm³/mol. The molecule has 0 fully saturated rings. The first-order valence-electron chi connectivity index (χ1n) is 8.64. The average molecular weight is 387 g/mol. The largest absolute Gasteiger partial charge is 0.508 e. The van der Waals surface area contributed by atoms with Crippen molar-refractivity contribution in [2.75, 3.05) is 0 Å². The van der Waals surface area contributed by atoms with Gasteiger partial charge < -0.3 is 5.11 Å². The van der Waals surface area contributed by atoms with Gasteiger partial charge in [-0.05, 0) is 61.4 Å². The predicted octanol–water partition coefficient (Wildman–Crippen LogP) is 2.19. The molecule has 0 unspecified atom stereocenters. The summed E-state index contributed by atoms with van der Waals surface area (Å²) in [5, 5.41) is 26.7. The topological polar surface area (TPSA) is 120 Å². The molecule has 2 aromatic carbocycles. The number of aryl methyl sites for hydroxylation is 1. The minimum atomic E-state index is -0.657. The van der Waals surface area contributed by atoms with E-state index in [9.17, 15) is 20.0 Å². The van der Waals surface area contributed by atoms with Crippen LogP contribution < -0.4 is 11.0 Å². The number of nitrogens with zero attached hydrogens (tertiary/aromatic N) is 4. The van der Waals surface area contributed by atoms with Gasteiger partial charge in [-0.3, -0.25) is 9.59 Å². The second-order valence-electron chi connectivity index (χ2n) is 6.31. The Labute approximate surface area is 166 Å². The first-order valence-corrected chi connectivity index (χ1v) is 8.64. The number of nitrogens with one attached hydrogen (secondary N) is 1. The van der Waals surface area contributed by atoms with Crippen LogP contribution in [-0.4, -0.2) is 27.0 Å². The average Bonchev–Trinajstić information content (AvgIpc) is 2.70. The number of rotatable bonds is 4. The number of aromatic nitrogens is 2. The molecule has 1 heterocycles. The van der Waals surface area contributed by atoms with Crippen LogP contribution in [0.3, 0.4) is 0 Å². The van der Waals surface area contributed by atoms with E-state index >= 15 is 0 Å². The SMILES string of the molecule is Cc1cccc(-n2nc(C(=O)N/N=C/c3ccc(O)cc3)c(C)c(C#N)c2=O)c1. The Hall–Kier alpha value is -4.25. The normalized spacial score (nSPS) is 10.7. The fraction of sp³-hybridized carbons (Fsp3) is 0.0952. The highest BCUT2D eigenvalue weighted by atomic mass is 16.3. The first-order chi connectivity index (χ1) is 13.9.